The molecule has 24 heavy (non-hydrogen) atoms. The minimum Gasteiger partial charge on any atom is -0.349 e. The molecule has 0 saturated carbocycles. The molecule has 1 heterocycles. The van der Waals surface area contributed by atoms with Crippen LogP contribution in [0.2, 0.25) is 0 Å². The first-order chi connectivity index (χ1) is 11.3. The monoisotopic (exact) mass is 346 g/mol. The van der Waals surface area contributed by atoms with Crippen LogP contribution in [0.25, 0.3) is 0 Å². The van der Waals surface area contributed by atoms with Gasteiger partial charge in [0.2, 0.25) is 5.91 Å². The van der Waals surface area contributed by atoms with Crippen LogP contribution in [-0.2, 0) is 21.1 Å². The van der Waals surface area contributed by atoms with Crippen molar-refractivity contribution in [1.29, 1.82) is 0 Å². The number of aryl methyl sites for hydroxylation is 1. The van der Waals surface area contributed by atoms with Crippen molar-refractivity contribution in [3.05, 3.63) is 59.4 Å². The molecule has 0 radical (unpaired) electrons. The number of hydrogen-bond donors (Lipinski definition) is 1. The van der Waals surface area contributed by atoms with Gasteiger partial charge in [-0.05, 0) is 48.7 Å². The molecule has 0 aliphatic rings. The predicted octanol–water partition coefficient (Wildman–Crippen LogP) is 2.60. The van der Waals surface area contributed by atoms with E-state index in [9.17, 15) is 13.2 Å². The van der Waals surface area contributed by atoms with Gasteiger partial charge in [-0.25, -0.2) is 8.42 Å². The van der Waals surface area contributed by atoms with E-state index in [1.165, 1.54) is 6.26 Å². The maximum atomic E-state index is 12.2. The van der Waals surface area contributed by atoms with Crippen molar-refractivity contribution >= 4 is 15.7 Å². The van der Waals surface area contributed by atoms with Crippen molar-refractivity contribution in [2.45, 2.75) is 37.6 Å². The molecule has 0 aliphatic carbocycles. The molecule has 5 nitrogen and oxygen atoms in total. The summed E-state index contributed by atoms with van der Waals surface area (Å²) in [7, 11) is -3.22. The summed E-state index contributed by atoms with van der Waals surface area (Å²) in [5.41, 5.74) is 2.68. The summed E-state index contributed by atoms with van der Waals surface area (Å²) in [5, 5.41) is 2.98. The van der Waals surface area contributed by atoms with Crippen LogP contribution in [-0.4, -0.2) is 25.6 Å². The molecule has 1 aromatic heterocycles. The minimum absolute atomic E-state index is 0.105. The van der Waals surface area contributed by atoms with Gasteiger partial charge in [0.05, 0.1) is 17.4 Å². The van der Waals surface area contributed by atoms with Gasteiger partial charge in [0.1, 0.15) is 0 Å². The van der Waals surface area contributed by atoms with Crippen molar-refractivity contribution in [3.8, 4) is 0 Å². The zero-order valence-corrected chi connectivity index (χ0v) is 14.9. The lowest BCUT2D eigenvalue weighted by Crippen LogP contribution is -2.29. The molecular formula is C18H22N2O3S. The molecule has 6 heteroatoms. The second kappa shape index (κ2) is 7.57. The standard InChI is InChI=1S/C18H22N2O3S/c1-4-17(14-5-7-16(8-6-14)24(3,22)23)20-18(21)12-15-11-13(2)9-10-19-15/h5-11,17H,4,12H2,1-3H3,(H,20,21). The molecule has 2 aromatic rings. The van der Waals surface area contributed by atoms with E-state index in [-0.39, 0.29) is 23.3 Å². The molecule has 0 aliphatic heterocycles. The van der Waals surface area contributed by atoms with Gasteiger partial charge in [0.25, 0.3) is 0 Å². The van der Waals surface area contributed by atoms with Crippen LogP contribution in [0.1, 0.15) is 36.2 Å². The van der Waals surface area contributed by atoms with Gasteiger partial charge in [-0.3, -0.25) is 9.78 Å². The quantitative estimate of drug-likeness (QED) is 0.872. The molecule has 0 fully saturated rings. The normalized spacial score (nSPS) is 12.6. The van der Waals surface area contributed by atoms with Crippen molar-refractivity contribution in [2.24, 2.45) is 0 Å². The average Bonchev–Trinajstić information content (AvgIpc) is 2.52. The fourth-order valence-corrected chi connectivity index (χ4v) is 3.10. The Bertz CT molecular complexity index is 814. The summed E-state index contributed by atoms with van der Waals surface area (Å²) < 4.78 is 23.0. The van der Waals surface area contributed by atoms with Gasteiger partial charge in [-0.1, -0.05) is 19.1 Å². The highest BCUT2D eigenvalue weighted by Gasteiger charge is 2.15. The summed E-state index contributed by atoms with van der Waals surface area (Å²) in [5.74, 6) is -0.105. The summed E-state index contributed by atoms with van der Waals surface area (Å²) >= 11 is 0. The molecule has 1 aromatic carbocycles. The average molecular weight is 346 g/mol. The van der Waals surface area contributed by atoms with E-state index in [0.717, 1.165) is 16.8 Å². The van der Waals surface area contributed by atoms with E-state index >= 15 is 0 Å². The van der Waals surface area contributed by atoms with Crippen LogP contribution in [0.15, 0.2) is 47.5 Å². The number of carbonyl (C=O) groups excluding carboxylic acids is 1. The predicted molar refractivity (Wildman–Crippen MR) is 93.4 cm³/mol. The highest BCUT2D eigenvalue weighted by atomic mass is 32.2. The van der Waals surface area contributed by atoms with Crippen LogP contribution in [0.4, 0.5) is 0 Å². The van der Waals surface area contributed by atoms with E-state index < -0.39 is 9.84 Å². The lowest BCUT2D eigenvalue weighted by Gasteiger charge is -2.18. The number of carbonyl (C=O) groups is 1. The van der Waals surface area contributed by atoms with E-state index in [1.807, 2.05) is 26.0 Å². The minimum atomic E-state index is -3.22. The fraction of sp³-hybridized carbons (Fsp3) is 0.333. The van der Waals surface area contributed by atoms with E-state index in [4.69, 9.17) is 0 Å². The van der Waals surface area contributed by atoms with Crippen LogP contribution >= 0.6 is 0 Å². The number of nitrogens with one attached hydrogen (secondary N) is 1. The molecule has 1 unspecified atom stereocenters. The van der Waals surface area contributed by atoms with Gasteiger partial charge in [0.15, 0.2) is 9.84 Å². The fourth-order valence-electron chi connectivity index (χ4n) is 2.47. The topological polar surface area (TPSA) is 76.1 Å². The Morgan fingerprint density at radius 2 is 1.88 bits per heavy atom. The van der Waals surface area contributed by atoms with Crippen LogP contribution in [0.3, 0.4) is 0 Å². The molecule has 0 spiro atoms. The molecule has 1 atom stereocenters. The first kappa shape index (κ1) is 18.1. The molecular weight excluding hydrogens is 324 g/mol. The van der Waals surface area contributed by atoms with E-state index in [0.29, 0.717) is 6.42 Å². The van der Waals surface area contributed by atoms with Crippen LogP contribution in [0, 0.1) is 6.92 Å². The maximum Gasteiger partial charge on any atom is 0.226 e. The molecule has 1 amide bonds. The summed E-state index contributed by atoms with van der Waals surface area (Å²) in [6, 6.07) is 10.3. The molecule has 0 bridgehead atoms. The number of hydrogen-bond acceptors (Lipinski definition) is 4. The molecule has 0 saturated heterocycles. The Labute approximate surface area is 143 Å². The highest BCUT2D eigenvalue weighted by Crippen LogP contribution is 2.19. The third-order valence-corrected chi connectivity index (χ3v) is 4.90. The SMILES string of the molecule is CCC(NC(=O)Cc1cc(C)ccn1)c1ccc(S(C)(=O)=O)cc1. The van der Waals surface area contributed by atoms with E-state index in [1.54, 1.807) is 30.5 Å². The first-order valence-electron chi connectivity index (χ1n) is 7.80. The Morgan fingerprint density at radius 3 is 2.42 bits per heavy atom. The third-order valence-electron chi connectivity index (χ3n) is 3.77. The lowest BCUT2D eigenvalue weighted by molar-refractivity contribution is -0.121. The summed E-state index contributed by atoms with van der Waals surface area (Å²) in [4.78, 5) is 16.7. The first-order valence-corrected chi connectivity index (χ1v) is 9.69. The van der Waals surface area contributed by atoms with Gasteiger partial charge < -0.3 is 5.32 Å². The second-order valence-corrected chi connectivity index (χ2v) is 7.89. The number of aromatic nitrogens is 1. The zero-order chi connectivity index (χ0) is 17.7. The Morgan fingerprint density at radius 1 is 1.21 bits per heavy atom. The van der Waals surface area contributed by atoms with Gasteiger partial charge in [-0.15, -0.1) is 0 Å². The lowest BCUT2D eigenvalue weighted by atomic mass is 10.0. The van der Waals surface area contributed by atoms with Gasteiger partial charge in [-0.2, -0.15) is 0 Å². The number of amides is 1. The van der Waals surface area contributed by atoms with Crippen molar-refractivity contribution < 1.29 is 13.2 Å². The van der Waals surface area contributed by atoms with E-state index in [2.05, 4.69) is 10.3 Å². The largest absolute Gasteiger partial charge is 0.349 e. The Balaban J connectivity index is 2.07. The van der Waals surface area contributed by atoms with Gasteiger partial charge in [0, 0.05) is 18.1 Å². The summed E-state index contributed by atoms with van der Waals surface area (Å²) in [6.07, 6.45) is 3.81. The van der Waals surface area contributed by atoms with Crippen LogP contribution in [0.5, 0.6) is 0 Å². The third kappa shape index (κ3) is 4.89. The summed E-state index contributed by atoms with van der Waals surface area (Å²) in [6.45, 7) is 3.93. The van der Waals surface area contributed by atoms with Crippen molar-refractivity contribution in [2.75, 3.05) is 6.26 Å². The molecule has 128 valence electrons. The Kier molecular flexibility index (Phi) is 5.72. The number of pyridine rings is 1. The number of sulfone groups is 1. The number of rotatable bonds is 6. The van der Waals surface area contributed by atoms with Crippen LogP contribution < -0.4 is 5.32 Å². The maximum absolute atomic E-state index is 12.2. The van der Waals surface area contributed by atoms with Gasteiger partial charge >= 0.3 is 0 Å². The van der Waals surface area contributed by atoms with Crippen molar-refractivity contribution in [3.63, 3.8) is 0 Å². The smallest absolute Gasteiger partial charge is 0.226 e. The highest BCUT2D eigenvalue weighted by molar-refractivity contribution is 7.90. The molecule has 1 N–H and O–H groups in total. The van der Waals surface area contributed by atoms with Crippen molar-refractivity contribution in [1.82, 2.24) is 10.3 Å². The zero-order valence-electron chi connectivity index (χ0n) is 14.1. The molecule has 2 rings (SSSR count). The number of benzene rings is 1. The second-order valence-electron chi connectivity index (χ2n) is 5.87. The Hall–Kier alpha value is -2.21. The number of nitrogens with zero attached hydrogens (tertiary/aromatic N) is 1.